The molecule has 0 spiro atoms. The van der Waals surface area contributed by atoms with Crippen molar-refractivity contribution in [2.75, 3.05) is 36.1 Å². The third-order valence-electron chi connectivity index (χ3n) is 5.81. The molecule has 2 aliphatic rings. The van der Waals surface area contributed by atoms with E-state index in [1.165, 1.54) is 0 Å². The molecule has 1 amide bonds. The van der Waals surface area contributed by atoms with Gasteiger partial charge in [0.25, 0.3) is 5.91 Å². The summed E-state index contributed by atoms with van der Waals surface area (Å²) in [5, 5.41) is 4.60. The van der Waals surface area contributed by atoms with Crippen LogP contribution in [-0.2, 0) is 4.79 Å². The Morgan fingerprint density at radius 1 is 0.970 bits per heavy atom. The van der Waals surface area contributed by atoms with Crippen LogP contribution in [0.2, 0.25) is 0 Å². The third kappa shape index (κ3) is 3.95. The lowest BCUT2D eigenvalue weighted by molar-refractivity contribution is -0.114. The van der Waals surface area contributed by atoms with Gasteiger partial charge in [-0.2, -0.15) is 23.3 Å². The SMILES string of the molecule is C/C(=C1\C(=O)N(c2nc3ccccc3s2)N=C1C(F)(F)F)N1CCN(c2ccccc2)CC1. The highest BCUT2D eigenvalue weighted by Crippen LogP contribution is 2.37. The number of aromatic nitrogens is 1. The number of para-hydroxylation sites is 2. The van der Waals surface area contributed by atoms with Crippen molar-refractivity contribution in [2.24, 2.45) is 5.10 Å². The summed E-state index contributed by atoms with van der Waals surface area (Å²) in [6.45, 7) is 3.86. The summed E-state index contributed by atoms with van der Waals surface area (Å²) in [4.78, 5) is 21.5. The number of hydrogen-bond donors (Lipinski definition) is 0. The van der Waals surface area contributed by atoms with Crippen molar-refractivity contribution < 1.29 is 18.0 Å². The van der Waals surface area contributed by atoms with Crippen molar-refractivity contribution in [3.8, 4) is 0 Å². The molecule has 1 fully saturated rings. The lowest BCUT2D eigenvalue weighted by Gasteiger charge is -2.38. The normalized spacial score (nSPS) is 18.8. The Morgan fingerprint density at radius 2 is 1.64 bits per heavy atom. The zero-order chi connectivity index (χ0) is 23.2. The highest BCUT2D eigenvalue weighted by Gasteiger charge is 2.49. The molecule has 170 valence electrons. The van der Waals surface area contributed by atoms with Gasteiger partial charge in [0.15, 0.2) is 5.71 Å². The Bertz CT molecular complexity index is 1230. The average molecular weight is 472 g/mol. The van der Waals surface area contributed by atoms with Crippen molar-refractivity contribution in [3.05, 3.63) is 65.9 Å². The number of carbonyl (C=O) groups excluding carboxylic acids is 1. The monoisotopic (exact) mass is 471 g/mol. The fraction of sp³-hybridized carbons (Fsp3) is 0.261. The Kier molecular flexibility index (Phi) is 5.32. The van der Waals surface area contributed by atoms with Crippen LogP contribution >= 0.6 is 11.3 Å². The number of carbonyl (C=O) groups is 1. The number of piperazine rings is 1. The van der Waals surface area contributed by atoms with Crippen molar-refractivity contribution in [1.29, 1.82) is 0 Å². The van der Waals surface area contributed by atoms with Gasteiger partial charge in [-0.1, -0.05) is 41.7 Å². The summed E-state index contributed by atoms with van der Waals surface area (Å²) in [6, 6.07) is 17.0. The Balaban J connectivity index is 1.44. The lowest BCUT2D eigenvalue weighted by atomic mass is 10.1. The van der Waals surface area contributed by atoms with E-state index in [4.69, 9.17) is 0 Å². The Hall–Kier alpha value is -3.40. The molecule has 3 aromatic rings. The minimum absolute atomic E-state index is 0.125. The van der Waals surface area contributed by atoms with E-state index < -0.39 is 23.4 Å². The second-order valence-corrected chi connectivity index (χ2v) is 8.81. The van der Waals surface area contributed by atoms with E-state index in [0.717, 1.165) is 26.7 Å². The molecule has 10 heteroatoms. The molecule has 5 rings (SSSR count). The van der Waals surface area contributed by atoms with Gasteiger partial charge in [0.1, 0.15) is 0 Å². The number of rotatable bonds is 3. The highest BCUT2D eigenvalue weighted by atomic mass is 32.1. The van der Waals surface area contributed by atoms with Crippen LogP contribution in [0.1, 0.15) is 6.92 Å². The molecular formula is C23H20F3N5OS. The first kappa shape index (κ1) is 21.4. The smallest absolute Gasteiger partial charge is 0.371 e. The minimum Gasteiger partial charge on any atom is -0.371 e. The van der Waals surface area contributed by atoms with Crippen LogP contribution in [0.4, 0.5) is 24.0 Å². The maximum atomic E-state index is 13.9. The molecule has 33 heavy (non-hydrogen) atoms. The largest absolute Gasteiger partial charge is 0.436 e. The maximum Gasteiger partial charge on any atom is 0.436 e. The molecule has 0 radical (unpaired) electrons. The van der Waals surface area contributed by atoms with Crippen molar-refractivity contribution in [2.45, 2.75) is 13.1 Å². The summed E-state index contributed by atoms with van der Waals surface area (Å²) in [5.74, 6) is -0.802. The van der Waals surface area contributed by atoms with Crippen molar-refractivity contribution in [3.63, 3.8) is 0 Å². The number of halogens is 3. The molecule has 2 aromatic carbocycles. The topological polar surface area (TPSA) is 52.0 Å². The van der Waals surface area contributed by atoms with E-state index in [1.807, 2.05) is 41.3 Å². The summed E-state index contributed by atoms with van der Waals surface area (Å²) >= 11 is 1.13. The first-order valence-electron chi connectivity index (χ1n) is 10.4. The molecule has 0 unspecified atom stereocenters. The van der Waals surface area contributed by atoms with Gasteiger partial charge in [-0.05, 0) is 31.2 Å². The zero-order valence-electron chi connectivity index (χ0n) is 17.7. The third-order valence-corrected chi connectivity index (χ3v) is 6.82. The number of nitrogens with zero attached hydrogens (tertiary/aromatic N) is 5. The van der Waals surface area contributed by atoms with Gasteiger partial charge in [0.05, 0.1) is 15.8 Å². The van der Waals surface area contributed by atoms with Gasteiger partial charge in [0, 0.05) is 37.6 Å². The number of fused-ring (bicyclic) bond motifs is 1. The van der Waals surface area contributed by atoms with Crippen molar-refractivity contribution >= 4 is 44.0 Å². The summed E-state index contributed by atoms with van der Waals surface area (Å²) < 4.78 is 42.5. The number of hydrogen-bond acceptors (Lipinski definition) is 6. The van der Waals surface area contributed by atoms with Gasteiger partial charge in [-0.3, -0.25) is 4.79 Å². The van der Waals surface area contributed by atoms with Crippen LogP contribution in [0.3, 0.4) is 0 Å². The van der Waals surface area contributed by atoms with Gasteiger partial charge in [0.2, 0.25) is 5.13 Å². The molecule has 0 bridgehead atoms. The van der Waals surface area contributed by atoms with Gasteiger partial charge >= 0.3 is 6.18 Å². The number of allylic oxidation sites excluding steroid dienone is 1. The van der Waals surface area contributed by atoms with Crippen molar-refractivity contribution in [1.82, 2.24) is 9.88 Å². The summed E-state index contributed by atoms with van der Waals surface area (Å²) in [6.07, 6.45) is -4.76. The van der Waals surface area contributed by atoms with E-state index in [9.17, 15) is 18.0 Å². The molecule has 0 aliphatic carbocycles. The molecular weight excluding hydrogens is 451 g/mol. The first-order valence-corrected chi connectivity index (χ1v) is 11.3. The number of alkyl halides is 3. The number of thiazole rings is 1. The average Bonchev–Trinajstić information content (AvgIpc) is 3.40. The number of amides is 1. The van der Waals surface area contributed by atoms with E-state index in [0.29, 0.717) is 31.7 Å². The molecule has 6 nitrogen and oxygen atoms in total. The van der Waals surface area contributed by atoms with Gasteiger partial charge in [-0.25, -0.2) is 4.98 Å². The zero-order valence-corrected chi connectivity index (χ0v) is 18.5. The predicted molar refractivity (Wildman–Crippen MR) is 124 cm³/mol. The summed E-state index contributed by atoms with van der Waals surface area (Å²) in [7, 11) is 0. The number of hydrazone groups is 1. The van der Waals surface area contributed by atoms with E-state index in [-0.39, 0.29) is 10.8 Å². The fourth-order valence-electron chi connectivity index (χ4n) is 4.10. The van der Waals surface area contributed by atoms with Crippen LogP contribution in [-0.4, -0.2) is 53.9 Å². The predicted octanol–water partition coefficient (Wildman–Crippen LogP) is 4.66. The minimum atomic E-state index is -4.76. The van der Waals surface area contributed by atoms with E-state index in [1.54, 1.807) is 25.1 Å². The van der Waals surface area contributed by atoms with Crippen LogP contribution in [0.25, 0.3) is 10.2 Å². The van der Waals surface area contributed by atoms with Crippen LogP contribution in [0.15, 0.2) is 71.0 Å². The second-order valence-electron chi connectivity index (χ2n) is 7.80. The molecule has 0 N–H and O–H groups in total. The standard InChI is InChI=1S/C23H20F3N5OS/c1-15(29-11-13-30(14-12-29)16-7-3-2-4-8-16)19-20(23(24,25)26)28-31(21(19)32)22-27-17-9-5-6-10-18(17)33-22/h2-10H,11-14H2,1H3/b19-15+. The second kappa shape index (κ2) is 8.18. The van der Waals surface area contributed by atoms with Crippen LogP contribution in [0.5, 0.6) is 0 Å². The highest BCUT2D eigenvalue weighted by molar-refractivity contribution is 7.22. The van der Waals surface area contributed by atoms with Gasteiger partial charge in [-0.15, -0.1) is 0 Å². The van der Waals surface area contributed by atoms with Gasteiger partial charge < -0.3 is 9.80 Å². The molecule has 0 atom stereocenters. The van der Waals surface area contributed by atoms with E-state index >= 15 is 0 Å². The molecule has 1 saturated heterocycles. The number of anilines is 2. The number of benzene rings is 2. The Morgan fingerprint density at radius 3 is 2.30 bits per heavy atom. The molecule has 1 aromatic heterocycles. The molecule has 2 aliphatic heterocycles. The van der Waals surface area contributed by atoms with E-state index in [2.05, 4.69) is 15.0 Å². The van der Waals surface area contributed by atoms with Crippen LogP contribution < -0.4 is 9.91 Å². The lowest BCUT2D eigenvalue weighted by Crippen LogP contribution is -2.46. The Labute approximate surface area is 192 Å². The molecule has 3 heterocycles. The summed E-state index contributed by atoms with van der Waals surface area (Å²) in [5.41, 5.74) is 0.385. The maximum absolute atomic E-state index is 13.9. The molecule has 0 saturated carbocycles. The van der Waals surface area contributed by atoms with Crippen LogP contribution in [0, 0.1) is 0 Å². The quantitative estimate of drug-likeness (QED) is 0.522. The first-order chi connectivity index (χ1) is 15.8. The fourth-order valence-corrected chi connectivity index (χ4v) is 5.02.